The SMILES string of the molecule is COc1cc(Cl)ccc1C(=O)N1CCCC[C@H]1C(=O)O. The molecule has 1 aromatic rings. The van der Waals surface area contributed by atoms with Crippen molar-refractivity contribution >= 4 is 23.5 Å². The zero-order valence-electron chi connectivity index (χ0n) is 11.1. The number of carbonyl (C=O) groups is 2. The molecule has 1 saturated heterocycles. The third-order valence-electron chi connectivity index (χ3n) is 3.44. The molecule has 0 aromatic heterocycles. The minimum absolute atomic E-state index is 0.328. The van der Waals surface area contributed by atoms with Crippen LogP contribution in [0.5, 0.6) is 5.75 Å². The number of carboxylic acid groups (broad SMARTS) is 1. The average molecular weight is 298 g/mol. The van der Waals surface area contributed by atoms with E-state index in [1.807, 2.05) is 0 Å². The van der Waals surface area contributed by atoms with Crippen LogP contribution >= 0.6 is 11.6 Å². The Morgan fingerprint density at radius 3 is 2.80 bits per heavy atom. The summed E-state index contributed by atoms with van der Waals surface area (Å²) in [4.78, 5) is 25.2. The zero-order chi connectivity index (χ0) is 14.7. The highest BCUT2D eigenvalue weighted by atomic mass is 35.5. The second-order valence-electron chi connectivity index (χ2n) is 4.69. The monoisotopic (exact) mass is 297 g/mol. The van der Waals surface area contributed by atoms with Crippen LogP contribution in [0.3, 0.4) is 0 Å². The van der Waals surface area contributed by atoms with Gasteiger partial charge < -0.3 is 14.7 Å². The molecule has 0 bridgehead atoms. The van der Waals surface area contributed by atoms with Crippen molar-refractivity contribution in [1.82, 2.24) is 4.90 Å². The van der Waals surface area contributed by atoms with Gasteiger partial charge in [0.1, 0.15) is 11.8 Å². The normalized spacial score (nSPS) is 18.7. The van der Waals surface area contributed by atoms with E-state index in [9.17, 15) is 14.7 Å². The van der Waals surface area contributed by atoms with Gasteiger partial charge in [-0.25, -0.2) is 4.79 Å². The van der Waals surface area contributed by atoms with Gasteiger partial charge in [-0.2, -0.15) is 0 Å². The molecule has 0 saturated carbocycles. The lowest BCUT2D eigenvalue weighted by atomic mass is 10.0. The summed E-state index contributed by atoms with van der Waals surface area (Å²) >= 11 is 5.87. The van der Waals surface area contributed by atoms with Crippen LogP contribution in [-0.4, -0.2) is 41.6 Å². The number of carboxylic acids is 1. The first-order valence-corrected chi connectivity index (χ1v) is 6.79. The van der Waals surface area contributed by atoms with E-state index in [0.717, 1.165) is 12.8 Å². The molecular formula is C14H16ClNO4. The number of likely N-dealkylation sites (tertiary alicyclic amines) is 1. The number of aliphatic carboxylic acids is 1. The van der Waals surface area contributed by atoms with Crippen molar-refractivity contribution < 1.29 is 19.4 Å². The molecule has 6 heteroatoms. The standard InChI is InChI=1S/C14H16ClNO4/c1-20-12-8-9(15)5-6-10(12)13(17)16-7-3-2-4-11(16)14(18)19/h5-6,8,11H,2-4,7H2,1H3,(H,18,19)/t11-/m0/s1. The molecular weight excluding hydrogens is 282 g/mol. The van der Waals surface area contributed by atoms with Crippen molar-refractivity contribution in [3.05, 3.63) is 28.8 Å². The molecule has 1 aliphatic heterocycles. The van der Waals surface area contributed by atoms with Gasteiger partial charge in [0.25, 0.3) is 5.91 Å². The van der Waals surface area contributed by atoms with Gasteiger partial charge in [-0.05, 0) is 37.5 Å². The fraction of sp³-hybridized carbons (Fsp3) is 0.429. The maximum Gasteiger partial charge on any atom is 0.326 e. The number of ether oxygens (including phenoxy) is 1. The van der Waals surface area contributed by atoms with Gasteiger partial charge in [0.05, 0.1) is 12.7 Å². The van der Waals surface area contributed by atoms with E-state index in [1.165, 1.54) is 12.0 Å². The summed E-state index contributed by atoms with van der Waals surface area (Å²) in [5.74, 6) is -0.936. The molecule has 0 aliphatic carbocycles. The molecule has 1 amide bonds. The molecule has 5 nitrogen and oxygen atoms in total. The molecule has 1 aliphatic rings. The molecule has 0 radical (unpaired) electrons. The lowest BCUT2D eigenvalue weighted by molar-refractivity contribution is -0.143. The maximum atomic E-state index is 12.5. The topological polar surface area (TPSA) is 66.8 Å². The lowest BCUT2D eigenvalue weighted by Crippen LogP contribution is -2.48. The smallest absolute Gasteiger partial charge is 0.326 e. The summed E-state index contributed by atoms with van der Waals surface area (Å²) in [6.45, 7) is 0.446. The van der Waals surface area contributed by atoms with Crippen molar-refractivity contribution in [2.75, 3.05) is 13.7 Å². The summed E-state index contributed by atoms with van der Waals surface area (Å²) in [6, 6.07) is 3.94. The Labute approximate surface area is 122 Å². The van der Waals surface area contributed by atoms with Gasteiger partial charge in [-0.15, -0.1) is 0 Å². The second-order valence-corrected chi connectivity index (χ2v) is 5.13. The van der Waals surface area contributed by atoms with Crippen LogP contribution in [0, 0.1) is 0 Å². The number of methoxy groups -OCH3 is 1. The molecule has 1 atom stereocenters. The van der Waals surface area contributed by atoms with Gasteiger partial charge in [-0.1, -0.05) is 11.6 Å². The predicted octanol–water partition coefficient (Wildman–Crippen LogP) is 2.43. The van der Waals surface area contributed by atoms with E-state index >= 15 is 0 Å². The van der Waals surface area contributed by atoms with Gasteiger partial charge in [0.2, 0.25) is 0 Å². The van der Waals surface area contributed by atoms with Crippen LogP contribution in [-0.2, 0) is 4.79 Å². The Balaban J connectivity index is 2.32. The van der Waals surface area contributed by atoms with Crippen molar-refractivity contribution in [2.24, 2.45) is 0 Å². The third-order valence-corrected chi connectivity index (χ3v) is 3.68. The van der Waals surface area contributed by atoms with Crippen molar-refractivity contribution in [1.29, 1.82) is 0 Å². The maximum absolute atomic E-state index is 12.5. The first-order chi connectivity index (χ1) is 9.54. The predicted molar refractivity (Wildman–Crippen MR) is 74.3 cm³/mol. The van der Waals surface area contributed by atoms with Gasteiger partial charge >= 0.3 is 5.97 Å². The van der Waals surface area contributed by atoms with Crippen molar-refractivity contribution in [3.63, 3.8) is 0 Å². The Kier molecular flexibility index (Phi) is 4.49. The molecule has 108 valence electrons. The number of benzene rings is 1. The number of amides is 1. The van der Waals surface area contributed by atoms with Crippen LogP contribution in [0.15, 0.2) is 18.2 Å². The molecule has 0 spiro atoms. The van der Waals surface area contributed by atoms with E-state index < -0.39 is 12.0 Å². The summed E-state index contributed by atoms with van der Waals surface area (Å²) in [5, 5.41) is 9.69. The molecule has 0 unspecified atom stereocenters. The van der Waals surface area contributed by atoms with E-state index in [-0.39, 0.29) is 5.91 Å². The van der Waals surface area contributed by atoms with Crippen molar-refractivity contribution in [3.8, 4) is 5.75 Å². The van der Waals surface area contributed by atoms with E-state index in [2.05, 4.69) is 0 Å². The van der Waals surface area contributed by atoms with Gasteiger partial charge in [0, 0.05) is 11.6 Å². The minimum atomic E-state index is -0.967. The first-order valence-electron chi connectivity index (χ1n) is 6.42. The lowest BCUT2D eigenvalue weighted by Gasteiger charge is -2.33. The van der Waals surface area contributed by atoms with E-state index in [1.54, 1.807) is 18.2 Å². The number of carbonyl (C=O) groups excluding carboxylic acids is 1. The second kappa shape index (κ2) is 6.13. The van der Waals surface area contributed by atoms with Crippen LogP contribution in [0.2, 0.25) is 5.02 Å². The number of hydrogen-bond donors (Lipinski definition) is 1. The van der Waals surface area contributed by atoms with E-state index in [4.69, 9.17) is 16.3 Å². The molecule has 1 heterocycles. The highest BCUT2D eigenvalue weighted by Gasteiger charge is 2.33. The number of hydrogen-bond acceptors (Lipinski definition) is 3. The molecule has 1 N–H and O–H groups in total. The number of piperidine rings is 1. The van der Waals surface area contributed by atoms with Gasteiger partial charge in [-0.3, -0.25) is 4.79 Å². The van der Waals surface area contributed by atoms with Crippen LogP contribution in [0.4, 0.5) is 0 Å². The molecule has 1 aromatic carbocycles. The number of nitrogens with zero attached hydrogens (tertiary/aromatic N) is 1. The largest absolute Gasteiger partial charge is 0.496 e. The quantitative estimate of drug-likeness (QED) is 0.930. The Morgan fingerprint density at radius 2 is 2.15 bits per heavy atom. The fourth-order valence-corrected chi connectivity index (χ4v) is 2.59. The molecule has 20 heavy (non-hydrogen) atoms. The summed E-state index contributed by atoms with van der Waals surface area (Å²) in [6.07, 6.45) is 2.11. The zero-order valence-corrected chi connectivity index (χ0v) is 11.9. The van der Waals surface area contributed by atoms with Crippen LogP contribution in [0.1, 0.15) is 29.6 Å². The minimum Gasteiger partial charge on any atom is -0.496 e. The Hall–Kier alpha value is -1.75. The first kappa shape index (κ1) is 14.7. The third kappa shape index (κ3) is 2.88. The van der Waals surface area contributed by atoms with Crippen molar-refractivity contribution in [2.45, 2.75) is 25.3 Å². The highest BCUT2D eigenvalue weighted by molar-refractivity contribution is 6.30. The number of halogens is 1. The Bertz CT molecular complexity index is 532. The highest BCUT2D eigenvalue weighted by Crippen LogP contribution is 2.27. The Morgan fingerprint density at radius 1 is 1.40 bits per heavy atom. The van der Waals surface area contributed by atoms with E-state index in [0.29, 0.717) is 29.3 Å². The number of rotatable bonds is 3. The molecule has 2 rings (SSSR count). The van der Waals surface area contributed by atoms with Crippen LogP contribution in [0.25, 0.3) is 0 Å². The van der Waals surface area contributed by atoms with Crippen LogP contribution < -0.4 is 4.74 Å². The average Bonchev–Trinajstić information content (AvgIpc) is 2.46. The molecule has 1 fully saturated rings. The summed E-state index contributed by atoms with van der Waals surface area (Å²) in [7, 11) is 1.45. The fourth-order valence-electron chi connectivity index (χ4n) is 2.43. The summed E-state index contributed by atoms with van der Waals surface area (Å²) in [5.41, 5.74) is 0.338. The van der Waals surface area contributed by atoms with Gasteiger partial charge in [0.15, 0.2) is 0 Å². The summed E-state index contributed by atoms with van der Waals surface area (Å²) < 4.78 is 5.15.